The number of aliphatic carboxylic acids is 1. The maximum absolute atomic E-state index is 12.6. The molecule has 0 radical (unpaired) electrons. The van der Waals surface area contributed by atoms with Crippen LogP contribution < -0.4 is 10.6 Å². The Kier molecular flexibility index (Phi) is 6.16. The minimum atomic E-state index is -1.08. The first-order valence-electron chi connectivity index (χ1n) is 8.36. The zero-order valence-corrected chi connectivity index (χ0v) is 16.9. The fraction of sp³-hybridized carbons (Fsp3) is 0.222. The Morgan fingerprint density at radius 1 is 1.21 bits per heavy atom. The molecule has 0 spiro atoms. The van der Waals surface area contributed by atoms with E-state index in [-0.39, 0.29) is 28.6 Å². The second-order valence-electron chi connectivity index (χ2n) is 6.46. The van der Waals surface area contributed by atoms with Gasteiger partial charge in [-0.05, 0) is 23.8 Å². The molecule has 0 aliphatic carbocycles. The molecule has 29 heavy (non-hydrogen) atoms. The number of benzene rings is 2. The summed E-state index contributed by atoms with van der Waals surface area (Å²) in [6, 6.07) is 5.52. The van der Waals surface area contributed by atoms with Crippen molar-refractivity contribution in [3.63, 3.8) is 0 Å². The number of carbonyl (C=O) groups excluding carboxylic acids is 1. The van der Waals surface area contributed by atoms with Crippen molar-refractivity contribution >= 4 is 58.1 Å². The Morgan fingerprint density at radius 2 is 1.93 bits per heavy atom. The fourth-order valence-electron chi connectivity index (χ4n) is 3.19. The van der Waals surface area contributed by atoms with E-state index in [2.05, 4.69) is 10.6 Å². The van der Waals surface area contributed by atoms with Crippen LogP contribution in [0.1, 0.15) is 23.6 Å². The van der Waals surface area contributed by atoms with Crippen LogP contribution in [0.5, 0.6) is 0 Å². The number of halogens is 3. The van der Waals surface area contributed by atoms with Crippen molar-refractivity contribution in [3.8, 4) is 0 Å². The number of fused-ring (bicyclic) bond motifs is 1. The van der Waals surface area contributed by atoms with Gasteiger partial charge in [-0.15, -0.1) is 0 Å². The highest BCUT2D eigenvalue weighted by molar-refractivity contribution is 6.35. The lowest BCUT2D eigenvalue weighted by molar-refractivity contribution is -0.384. The molecule has 2 aromatic rings. The summed E-state index contributed by atoms with van der Waals surface area (Å²) in [6.45, 7) is 0. The Bertz CT molecular complexity index is 1010. The van der Waals surface area contributed by atoms with Crippen molar-refractivity contribution in [2.24, 2.45) is 0 Å². The molecular weight excluding hydrogens is 445 g/mol. The van der Waals surface area contributed by atoms with Gasteiger partial charge in [0.05, 0.1) is 17.4 Å². The number of carboxylic acid groups (broad SMARTS) is 1. The minimum absolute atomic E-state index is 0.0283. The number of rotatable bonds is 5. The van der Waals surface area contributed by atoms with E-state index in [0.717, 1.165) is 0 Å². The van der Waals surface area contributed by atoms with E-state index < -0.39 is 28.9 Å². The summed E-state index contributed by atoms with van der Waals surface area (Å²) >= 11 is 18.1. The van der Waals surface area contributed by atoms with Crippen LogP contribution in [-0.4, -0.2) is 27.9 Å². The molecule has 1 amide bonds. The average Bonchev–Trinajstić information content (AvgIpc) is 2.62. The Labute approximate surface area is 179 Å². The Balaban J connectivity index is 1.84. The van der Waals surface area contributed by atoms with Gasteiger partial charge >= 0.3 is 5.97 Å². The highest BCUT2D eigenvalue weighted by Crippen LogP contribution is 2.40. The molecule has 0 saturated carbocycles. The number of carbonyl (C=O) groups is 2. The quantitative estimate of drug-likeness (QED) is 0.455. The lowest BCUT2D eigenvalue weighted by Crippen LogP contribution is -2.41. The largest absolute Gasteiger partial charge is 0.480 e. The lowest BCUT2D eigenvalue weighted by atomic mass is 9.92. The van der Waals surface area contributed by atoms with E-state index in [1.165, 1.54) is 24.3 Å². The van der Waals surface area contributed by atoms with Crippen LogP contribution in [-0.2, 0) is 16.0 Å². The molecule has 2 aromatic carbocycles. The van der Waals surface area contributed by atoms with Crippen molar-refractivity contribution in [3.05, 3.63) is 66.6 Å². The van der Waals surface area contributed by atoms with Gasteiger partial charge in [0.2, 0.25) is 5.91 Å². The highest BCUT2D eigenvalue weighted by atomic mass is 35.5. The molecule has 0 saturated heterocycles. The standard InChI is InChI=1S/C18H14Cl3N3O5/c19-9-5-11(21)17-12(6-9)22-14(18(26)27)7-13(17)23-16(25)4-8-1-2-10(20)15(3-8)24(28)29/h1-3,5-6,13-14,22H,4,7H2,(H,23,25)(H,26,27). The van der Waals surface area contributed by atoms with E-state index in [9.17, 15) is 24.8 Å². The van der Waals surface area contributed by atoms with Crippen molar-refractivity contribution in [2.45, 2.75) is 24.9 Å². The van der Waals surface area contributed by atoms with Crippen LogP contribution in [0, 0.1) is 10.1 Å². The summed E-state index contributed by atoms with van der Waals surface area (Å²) in [5.74, 6) is -1.53. The number of amides is 1. The van der Waals surface area contributed by atoms with Gasteiger partial charge < -0.3 is 15.7 Å². The summed E-state index contributed by atoms with van der Waals surface area (Å²) in [7, 11) is 0. The molecule has 1 aliphatic rings. The second kappa shape index (κ2) is 8.44. The first-order chi connectivity index (χ1) is 13.7. The van der Waals surface area contributed by atoms with Crippen LogP contribution >= 0.6 is 34.8 Å². The zero-order valence-electron chi connectivity index (χ0n) is 14.6. The SMILES string of the molecule is O=C(Cc1ccc(Cl)c([N+](=O)[O-])c1)NC1CC(C(=O)O)Nc2cc(Cl)cc(Cl)c21. The third-order valence-corrected chi connectivity index (χ3v) is 5.30. The zero-order chi connectivity index (χ0) is 21.3. The molecule has 3 N–H and O–H groups in total. The summed E-state index contributed by atoms with van der Waals surface area (Å²) < 4.78 is 0. The molecule has 1 aliphatic heterocycles. The lowest BCUT2D eigenvalue weighted by Gasteiger charge is -2.32. The van der Waals surface area contributed by atoms with E-state index in [0.29, 0.717) is 21.8 Å². The maximum atomic E-state index is 12.6. The van der Waals surface area contributed by atoms with Crippen LogP contribution in [0.2, 0.25) is 15.1 Å². The van der Waals surface area contributed by atoms with Gasteiger partial charge in [-0.2, -0.15) is 0 Å². The molecule has 2 atom stereocenters. The van der Waals surface area contributed by atoms with Crippen molar-refractivity contribution < 1.29 is 19.6 Å². The Morgan fingerprint density at radius 3 is 2.59 bits per heavy atom. The van der Waals surface area contributed by atoms with Crippen LogP contribution in [0.4, 0.5) is 11.4 Å². The molecule has 11 heteroatoms. The maximum Gasteiger partial charge on any atom is 0.326 e. The summed E-state index contributed by atoms with van der Waals surface area (Å²) in [4.78, 5) is 34.4. The minimum Gasteiger partial charge on any atom is -0.480 e. The highest BCUT2D eigenvalue weighted by Gasteiger charge is 2.33. The van der Waals surface area contributed by atoms with Gasteiger partial charge in [0.1, 0.15) is 11.1 Å². The molecule has 2 unspecified atom stereocenters. The van der Waals surface area contributed by atoms with E-state index in [4.69, 9.17) is 34.8 Å². The number of hydrogen-bond donors (Lipinski definition) is 3. The number of carboxylic acids is 1. The number of nitrogens with zero attached hydrogens (tertiary/aromatic N) is 1. The molecule has 1 heterocycles. The predicted octanol–water partition coefficient (Wildman–Crippen LogP) is 4.22. The van der Waals surface area contributed by atoms with E-state index in [1.54, 1.807) is 6.07 Å². The molecule has 152 valence electrons. The third kappa shape index (κ3) is 4.72. The summed E-state index contributed by atoms with van der Waals surface area (Å²) in [6.07, 6.45) is -0.0869. The van der Waals surface area contributed by atoms with Gasteiger partial charge in [-0.3, -0.25) is 14.9 Å². The molecule has 0 aromatic heterocycles. The van der Waals surface area contributed by atoms with Crippen molar-refractivity contribution in [2.75, 3.05) is 5.32 Å². The summed E-state index contributed by atoms with van der Waals surface area (Å²) in [5, 5.41) is 26.6. The predicted molar refractivity (Wildman–Crippen MR) is 109 cm³/mol. The Hall–Kier alpha value is -2.55. The monoisotopic (exact) mass is 457 g/mol. The number of nitro groups is 1. The first kappa shape index (κ1) is 21.2. The van der Waals surface area contributed by atoms with Gasteiger partial charge in [-0.1, -0.05) is 40.9 Å². The number of nitro benzene ring substituents is 1. The van der Waals surface area contributed by atoms with Crippen LogP contribution in [0.3, 0.4) is 0 Å². The smallest absolute Gasteiger partial charge is 0.326 e. The first-order valence-corrected chi connectivity index (χ1v) is 9.49. The molecule has 8 nitrogen and oxygen atoms in total. The molecule has 3 rings (SSSR count). The second-order valence-corrected chi connectivity index (χ2v) is 7.71. The molecular formula is C18H14Cl3N3O5. The van der Waals surface area contributed by atoms with Gasteiger partial charge in [-0.25, -0.2) is 4.79 Å². The van der Waals surface area contributed by atoms with Crippen molar-refractivity contribution in [1.82, 2.24) is 5.32 Å². The fourth-order valence-corrected chi connectivity index (χ4v) is 4.00. The number of anilines is 1. The summed E-state index contributed by atoms with van der Waals surface area (Å²) in [5.41, 5.74) is 1.05. The molecule has 0 bridgehead atoms. The average molecular weight is 459 g/mol. The van der Waals surface area contributed by atoms with Crippen LogP contribution in [0.25, 0.3) is 0 Å². The van der Waals surface area contributed by atoms with Gasteiger partial charge in [0.25, 0.3) is 5.69 Å². The normalized spacial score (nSPS) is 17.8. The topological polar surface area (TPSA) is 122 Å². The van der Waals surface area contributed by atoms with E-state index in [1.807, 2.05) is 0 Å². The van der Waals surface area contributed by atoms with Crippen molar-refractivity contribution in [1.29, 1.82) is 0 Å². The number of nitrogens with one attached hydrogen (secondary N) is 2. The van der Waals surface area contributed by atoms with Crippen LogP contribution in [0.15, 0.2) is 30.3 Å². The third-order valence-electron chi connectivity index (χ3n) is 4.45. The van der Waals surface area contributed by atoms with Gasteiger partial charge in [0.15, 0.2) is 0 Å². The number of hydrogen-bond acceptors (Lipinski definition) is 5. The molecule has 0 fully saturated rings. The van der Waals surface area contributed by atoms with Gasteiger partial charge in [0, 0.05) is 33.8 Å². The van der Waals surface area contributed by atoms with E-state index >= 15 is 0 Å².